The van der Waals surface area contributed by atoms with Crippen molar-refractivity contribution in [3.63, 3.8) is 0 Å². The molecule has 20 heavy (non-hydrogen) atoms. The van der Waals surface area contributed by atoms with Gasteiger partial charge in [-0.15, -0.1) is 6.42 Å². The third kappa shape index (κ3) is 3.74. The highest BCUT2D eigenvalue weighted by molar-refractivity contribution is 6.29. The highest BCUT2D eigenvalue weighted by Gasteiger charge is 2.06. The fourth-order valence-electron chi connectivity index (χ4n) is 1.47. The van der Waals surface area contributed by atoms with E-state index in [4.69, 9.17) is 22.8 Å². The van der Waals surface area contributed by atoms with Crippen LogP contribution in [-0.2, 0) is 0 Å². The number of nitrogens with zero attached hydrogens (tertiary/aromatic N) is 1. The minimum atomic E-state index is -0.258. The van der Waals surface area contributed by atoms with E-state index in [1.54, 1.807) is 36.4 Å². The summed E-state index contributed by atoms with van der Waals surface area (Å²) in [5.74, 6) is 2.77. The Kier molecular flexibility index (Phi) is 4.59. The van der Waals surface area contributed by atoms with Crippen molar-refractivity contribution in [1.29, 1.82) is 0 Å². The largest absolute Gasteiger partial charge is 0.481 e. The molecule has 0 saturated carbocycles. The number of ether oxygens (including phenoxy) is 1. The van der Waals surface area contributed by atoms with Gasteiger partial charge in [0.05, 0.1) is 5.56 Å². The smallest absolute Gasteiger partial charge is 0.257 e. The Labute approximate surface area is 121 Å². The summed E-state index contributed by atoms with van der Waals surface area (Å²) in [5.41, 5.74) is 1.08. The second-order valence-corrected chi connectivity index (χ2v) is 4.23. The third-order valence-electron chi connectivity index (χ3n) is 2.42. The Balaban J connectivity index is 2.01. The molecule has 1 aromatic heterocycles. The number of hydrogen-bond donors (Lipinski definition) is 1. The van der Waals surface area contributed by atoms with Crippen LogP contribution in [0.2, 0.25) is 5.15 Å². The van der Waals surface area contributed by atoms with Crippen LogP contribution in [0.4, 0.5) is 5.69 Å². The van der Waals surface area contributed by atoms with Gasteiger partial charge in [0, 0.05) is 11.9 Å². The molecule has 0 aliphatic carbocycles. The number of carbonyl (C=O) groups excluding carboxylic acids is 1. The molecule has 0 aliphatic rings. The highest BCUT2D eigenvalue weighted by Crippen LogP contribution is 2.16. The minimum absolute atomic E-state index is 0.210. The molecule has 5 heteroatoms. The van der Waals surface area contributed by atoms with Crippen molar-refractivity contribution in [3.8, 4) is 18.1 Å². The van der Waals surface area contributed by atoms with Gasteiger partial charge in [-0.05, 0) is 36.4 Å². The summed E-state index contributed by atoms with van der Waals surface area (Å²) >= 11 is 5.66. The Bertz CT molecular complexity index is 630. The Morgan fingerprint density at radius 3 is 2.65 bits per heavy atom. The van der Waals surface area contributed by atoms with Crippen LogP contribution in [0.1, 0.15) is 10.4 Å². The highest BCUT2D eigenvalue weighted by atomic mass is 35.5. The first-order valence-corrected chi connectivity index (χ1v) is 6.16. The lowest BCUT2D eigenvalue weighted by atomic mass is 10.2. The van der Waals surface area contributed by atoms with E-state index in [9.17, 15) is 4.79 Å². The summed E-state index contributed by atoms with van der Waals surface area (Å²) < 4.78 is 5.24. The van der Waals surface area contributed by atoms with Gasteiger partial charge in [0.1, 0.15) is 17.5 Å². The molecule has 0 saturated heterocycles. The van der Waals surface area contributed by atoms with Gasteiger partial charge in [-0.3, -0.25) is 4.79 Å². The molecule has 2 rings (SSSR count). The molecular formula is C15H11ClN2O2. The molecule has 100 valence electrons. The van der Waals surface area contributed by atoms with Crippen LogP contribution in [0.5, 0.6) is 5.75 Å². The fourth-order valence-corrected chi connectivity index (χ4v) is 1.58. The van der Waals surface area contributed by atoms with Crippen LogP contribution in [-0.4, -0.2) is 17.5 Å². The van der Waals surface area contributed by atoms with Gasteiger partial charge in [-0.25, -0.2) is 4.98 Å². The number of aromatic nitrogens is 1. The number of terminal acetylenes is 1. The van der Waals surface area contributed by atoms with E-state index in [-0.39, 0.29) is 12.5 Å². The molecule has 4 nitrogen and oxygen atoms in total. The van der Waals surface area contributed by atoms with Crippen molar-refractivity contribution >= 4 is 23.2 Å². The first-order chi connectivity index (χ1) is 9.69. The number of pyridine rings is 1. The maximum Gasteiger partial charge on any atom is 0.257 e. The zero-order valence-corrected chi connectivity index (χ0v) is 11.2. The van der Waals surface area contributed by atoms with E-state index in [2.05, 4.69) is 16.2 Å². The van der Waals surface area contributed by atoms with Crippen molar-refractivity contribution in [2.24, 2.45) is 0 Å². The van der Waals surface area contributed by atoms with Gasteiger partial charge in [-0.1, -0.05) is 17.5 Å². The number of nitrogens with one attached hydrogen (secondary N) is 1. The van der Waals surface area contributed by atoms with Gasteiger partial charge in [0.2, 0.25) is 0 Å². The van der Waals surface area contributed by atoms with Crippen LogP contribution in [0.25, 0.3) is 0 Å². The average molecular weight is 287 g/mol. The molecule has 0 aliphatic heterocycles. The molecule has 1 aromatic carbocycles. The number of carbonyl (C=O) groups is 1. The lowest BCUT2D eigenvalue weighted by Gasteiger charge is -2.06. The summed E-state index contributed by atoms with van der Waals surface area (Å²) in [5, 5.41) is 3.09. The molecule has 1 heterocycles. The lowest BCUT2D eigenvalue weighted by Crippen LogP contribution is -2.12. The predicted octanol–water partition coefficient (Wildman–Crippen LogP) is 3.00. The number of anilines is 1. The summed E-state index contributed by atoms with van der Waals surface area (Å²) in [4.78, 5) is 15.8. The summed E-state index contributed by atoms with van der Waals surface area (Å²) in [6, 6.07) is 10.1. The molecule has 0 spiro atoms. The van der Waals surface area contributed by atoms with Crippen molar-refractivity contribution in [2.45, 2.75) is 0 Å². The van der Waals surface area contributed by atoms with Crippen molar-refractivity contribution in [3.05, 3.63) is 53.3 Å². The topological polar surface area (TPSA) is 51.2 Å². The SMILES string of the molecule is C#CCOc1ccc(NC(=O)c2ccc(Cl)nc2)cc1. The van der Waals surface area contributed by atoms with E-state index in [1.807, 2.05) is 0 Å². The summed E-state index contributed by atoms with van der Waals surface area (Å²) in [6.07, 6.45) is 6.52. The van der Waals surface area contributed by atoms with Crippen molar-refractivity contribution < 1.29 is 9.53 Å². The normalized spacial score (nSPS) is 9.60. The predicted molar refractivity (Wildman–Crippen MR) is 78.0 cm³/mol. The molecule has 1 N–H and O–H groups in total. The van der Waals surface area contributed by atoms with Gasteiger partial charge in [0.25, 0.3) is 5.91 Å². The van der Waals surface area contributed by atoms with Gasteiger partial charge in [-0.2, -0.15) is 0 Å². The van der Waals surface area contributed by atoms with Crippen molar-refractivity contribution in [2.75, 3.05) is 11.9 Å². The van der Waals surface area contributed by atoms with Crippen LogP contribution >= 0.6 is 11.6 Å². The Morgan fingerprint density at radius 2 is 2.05 bits per heavy atom. The average Bonchev–Trinajstić information content (AvgIpc) is 2.47. The van der Waals surface area contributed by atoms with Crippen LogP contribution in [0.15, 0.2) is 42.6 Å². The molecule has 0 atom stereocenters. The first-order valence-electron chi connectivity index (χ1n) is 5.78. The van der Waals surface area contributed by atoms with E-state index in [0.29, 0.717) is 22.2 Å². The van der Waals surface area contributed by atoms with Gasteiger partial charge in [0.15, 0.2) is 0 Å². The number of amides is 1. The van der Waals surface area contributed by atoms with Gasteiger partial charge < -0.3 is 10.1 Å². The maximum atomic E-state index is 11.9. The number of hydrogen-bond acceptors (Lipinski definition) is 3. The van der Waals surface area contributed by atoms with Gasteiger partial charge >= 0.3 is 0 Å². The van der Waals surface area contributed by atoms with Crippen LogP contribution in [0.3, 0.4) is 0 Å². The second-order valence-electron chi connectivity index (χ2n) is 3.84. The molecule has 1 amide bonds. The van der Waals surface area contributed by atoms with Crippen LogP contribution < -0.4 is 10.1 Å². The zero-order valence-electron chi connectivity index (χ0n) is 10.5. The zero-order chi connectivity index (χ0) is 14.4. The number of benzene rings is 1. The van der Waals surface area contributed by atoms with Crippen molar-refractivity contribution in [1.82, 2.24) is 4.98 Å². The molecule has 0 radical (unpaired) electrons. The fraction of sp³-hybridized carbons (Fsp3) is 0.0667. The lowest BCUT2D eigenvalue weighted by molar-refractivity contribution is 0.102. The Morgan fingerprint density at radius 1 is 1.30 bits per heavy atom. The van der Waals surface area contributed by atoms with E-state index < -0.39 is 0 Å². The third-order valence-corrected chi connectivity index (χ3v) is 2.65. The van der Waals surface area contributed by atoms with E-state index in [0.717, 1.165) is 0 Å². The summed E-state index contributed by atoms with van der Waals surface area (Å²) in [6.45, 7) is 0.210. The molecule has 0 bridgehead atoms. The maximum absolute atomic E-state index is 11.9. The molecular weight excluding hydrogens is 276 g/mol. The monoisotopic (exact) mass is 286 g/mol. The first kappa shape index (κ1) is 13.9. The number of halogens is 1. The quantitative estimate of drug-likeness (QED) is 0.694. The second kappa shape index (κ2) is 6.60. The minimum Gasteiger partial charge on any atom is -0.481 e. The number of rotatable bonds is 4. The molecule has 0 fully saturated rings. The van der Waals surface area contributed by atoms with E-state index >= 15 is 0 Å². The Hall–Kier alpha value is -2.51. The standard InChI is InChI=1S/C15H11ClN2O2/c1-2-9-20-13-6-4-12(5-7-13)18-15(19)11-3-8-14(16)17-10-11/h1,3-8,10H,9H2,(H,18,19). The molecule has 2 aromatic rings. The van der Waals surface area contributed by atoms with Crippen LogP contribution in [0, 0.1) is 12.3 Å². The molecule has 0 unspecified atom stereocenters. The van der Waals surface area contributed by atoms with E-state index in [1.165, 1.54) is 6.20 Å². The summed E-state index contributed by atoms with van der Waals surface area (Å²) in [7, 11) is 0.